The molecule has 0 bridgehead atoms. The predicted octanol–water partition coefficient (Wildman–Crippen LogP) is -1.75. The molecule has 0 fully saturated rings. The molecule has 0 aliphatic rings. The van der Waals surface area contributed by atoms with Crippen molar-refractivity contribution in [2.75, 3.05) is 34.3 Å². The van der Waals surface area contributed by atoms with E-state index >= 15 is 0 Å². The van der Waals surface area contributed by atoms with Gasteiger partial charge >= 0.3 is 0 Å². The van der Waals surface area contributed by atoms with E-state index in [0.717, 1.165) is 10.9 Å². The Morgan fingerprint density at radius 1 is 0.917 bits per heavy atom. The molecule has 0 unspecified atom stereocenters. The lowest BCUT2D eigenvalue weighted by Crippen LogP contribution is -3.00. The largest absolute Gasteiger partial charge is 1.00 e. The Balaban J connectivity index is 0. The van der Waals surface area contributed by atoms with Gasteiger partial charge in [-0.05, 0) is 19.3 Å². The minimum absolute atomic E-state index is 0. The number of rotatable bonds is 6. The normalized spacial score (nSPS) is 11.0. The second-order valence-corrected chi connectivity index (χ2v) is 4.15. The Labute approximate surface area is 82.6 Å². The quantitative estimate of drug-likeness (QED) is 0.394. The summed E-state index contributed by atoms with van der Waals surface area (Å²) in [5.41, 5.74) is 0. The number of aliphatic hydroxyl groups excluding tert-OH is 1. The first-order chi connectivity index (χ1) is 5.06. The van der Waals surface area contributed by atoms with Gasteiger partial charge in [0.15, 0.2) is 0 Å². The highest BCUT2D eigenvalue weighted by Gasteiger charge is 2.04. The molecule has 12 heavy (non-hydrogen) atoms. The lowest BCUT2D eigenvalue weighted by molar-refractivity contribution is -0.870. The maximum atomic E-state index is 8.52. The van der Waals surface area contributed by atoms with Crippen LogP contribution in [0.4, 0.5) is 0 Å². The molecule has 0 rings (SSSR count). The van der Waals surface area contributed by atoms with Crippen molar-refractivity contribution in [2.24, 2.45) is 0 Å². The Morgan fingerprint density at radius 2 is 1.42 bits per heavy atom. The number of nitrogens with zero attached hydrogens (tertiary/aromatic N) is 1. The summed E-state index contributed by atoms with van der Waals surface area (Å²) in [6.07, 6.45) is 4.69. The summed E-state index contributed by atoms with van der Waals surface area (Å²) >= 11 is 0. The van der Waals surface area contributed by atoms with Gasteiger partial charge < -0.3 is 22.0 Å². The third-order valence-electron chi connectivity index (χ3n) is 1.74. The van der Waals surface area contributed by atoms with Crippen LogP contribution < -0.4 is 12.4 Å². The minimum atomic E-state index is 0. The molecular formula is C9H22ClNO. The average Bonchev–Trinajstić information content (AvgIpc) is 1.85. The van der Waals surface area contributed by atoms with Gasteiger partial charge in [0.25, 0.3) is 0 Å². The summed E-state index contributed by atoms with van der Waals surface area (Å²) in [4.78, 5) is 0. The van der Waals surface area contributed by atoms with Crippen LogP contribution in [0, 0.1) is 0 Å². The highest BCUT2D eigenvalue weighted by molar-refractivity contribution is 4.40. The van der Waals surface area contributed by atoms with E-state index in [2.05, 4.69) is 21.1 Å². The summed E-state index contributed by atoms with van der Waals surface area (Å²) in [6, 6.07) is 0. The standard InChI is InChI=1S/C9H22NO.ClH/c1-10(2,3)8-6-4-5-7-9-11;/h11H,4-9H2,1-3H3;1H/q+1;/p-1. The SMILES string of the molecule is C[N+](C)(C)CCCCCCO.[Cl-]. The summed E-state index contributed by atoms with van der Waals surface area (Å²) < 4.78 is 1.05. The molecule has 0 radical (unpaired) electrons. The molecule has 2 nitrogen and oxygen atoms in total. The van der Waals surface area contributed by atoms with Crippen LogP contribution in [0.2, 0.25) is 0 Å². The molecular weight excluding hydrogens is 174 g/mol. The molecule has 3 heteroatoms. The Bertz CT molecular complexity index is 91.0. The molecule has 1 N–H and O–H groups in total. The van der Waals surface area contributed by atoms with Gasteiger partial charge in [-0.15, -0.1) is 0 Å². The van der Waals surface area contributed by atoms with Crippen LogP contribution >= 0.6 is 0 Å². The Kier molecular flexibility index (Phi) is 9.61. The summed E-state index contributed by atoms with van der Waals surface area (Å²) in [6.45, 7) is 1.59. The Morgan fingerprint density at radius 3 is 1.83 bits per heavy atom. The third kappa shape index (κ3) is 12.8. The molecule has 0 aromatic heterocycles. The predicted molar refractivity (Wildman–Crippen MR) is 48.5 cm³/mol. The molecule has 76 valence electrons. The minimum Gasteiger partial charge on any atom is -1.00 e. The van der Waals surface area contributed by atoms with E-state index in [1.807, 2.05) is 0 Å². The molecule has 0 atom stereocenters. The van der Waals surface area contributed by atoms with Crippen molar-refractivity contribution in [3.8, 4) is 0 Å². The monoisotopic (exact) mass is 195 g/mol. The number of hydrogen-bond acceptors (Lipinski definition) is 1. The van der Waals surface area contributed by atoms with Crippen LogP contribution in [0.15, 0.2) is 0 Å². The van der Waals surface area contributed by atoms with Crippen LogP contribution in [0.3, 0.4) is 0 Å². The van der Waals surface area contributed by atoms with Gasteiger partial charge in [0, 0.05) is 6.61 Å². The van der Waals surface area contributed by atoms with E-state index in [4.69, 9.17) is 5.11 Å². The van der Waals surface area contributed by atoms with E-state index in [1.165, 1.54) is 25.8 Å². The number of aliphatic hydroxyl groups is 1. The highest BCUT2D eigenvalue weighted by Crippen LogP contribution is 2.02. The first-order valence-corrected chi connectivity index (χ1v) is 4.47. The van der Waals surface area contributed by atoms with Crippen molar-refractivity contribution in [2.45, 2.75) is 25.7 Å². The van der Waals surface area contributed by atoms with Crippen molar-refractivity contribution in [3.63, 3.8) is 0 Å². The first kappa shape index (κ1) is 14.7. The van der Waals surface area contributed by atoms with Crippen molar-refractivity contribution in [1.82, 2.24) is 0 Å². The van der Waals surface area contributed by atoms with Crippen LogP contribution in [-0.2, 0) is 0 Å². The van der Waals surface area contributed by atoms with Gasteiger partial charge in [-0.3, -0.25) is 0 Å². The zero-order chi connectivity index (χ0) is 8.74. The fourth-order valence-corrected chi connectivity index (χ4v) is 1.05. The van der Waals surface area contributed by atoms with Crippen LogP contribution in [0.5, 0.6) is 0 Å². The molecule has 0 aromatic carbocycles. The molecule has 0 aliphatic heterocycles. The van der Waals surface area contributed by atoms with Crippen molar-refractivity contribution < 1.29 is 22.0 Å². The molecule has 0 aliphatic carbocycles. The Hall–Kier alpha value is 0.210. The lowest BCUT2D eigenvalue weighted by Gasteiger charge is -2.23. The van der Waals surface area contributed by atoms with Gasteiger partial charge in [0.05, 0.1) is 27.7 Å². The second kappa shape index (κ2) is 7.84. The summed E-state index contributed by atoms with van der Waals surface area (Å²) in [5, 5.41) is 8.52. The van der Waals surface area contributed by atoms with Gasteiger partial charge in [-0.25, -0.2) is 0 Å². The number of quaternary nitrogens is 1. The van der Waals surface area contributed by atoms with Gasteiger partial charge in [-0.2, -0.15) is 0 Å². The van der Waals surface area contributed by atoms with E-state index in [9.17, 15) is 0 Å². The van der Waals surface area contributed by atoms with Crippen LogP contribution in [-0.4, -0.2) is 43.9 Å². The lowest BCUT2D eigenvalue weighted by atomic mass is 10.2. The van der Waals surface area contributed by atoms with Crippen LogP contribution in [0.25, 0.3) is 0 Å². The topological polar surface area (TPSA) is 20.2 Å². The molecule has 0 aromatic rings. The van der Waals surface area contributed by atoms with Crippen molar-refractivity contribution in [3.05, 3.63) is 0 Å². The first-order valence-electron chi connectivity index (χ1n) is 4.47. The zero-order valence-electron chi connectivity index (χ0n) is 8.52. The second-order valence-electron chi connectivity index (χ2n) is 4.15. The highest BCUT2D eigenvalue weighted by atomic mass is 35.5. The zero-order valence-corrected chi connectivity index (χ0v) is 9.27. The number of unbranched alkanes of at least 4 members (excludes halogenated alkanes) is 3. The third-order valence-corrected chi connectivity index (χ3v) is 1.74. The van der Waals surface area contributed by atoms with E-state index in [0.29, 0.717) is 6.61 Å². The molecule has 0 amide bonds. The van der Waals surface area contributed by atoms with Gasteiger partial charge in [-0.1, -0.05) is 6.42 Å². The van der Waals surface area contributed by atoms with Gasteiger partial charge in [0.1, 0.15) is 0 Å². The van der Waals surface area contributed by atoms with E-state index in [1.54, 1.807) is 0 Å². The van der Waals surface area contributed by atoms with E-state index < -0.39 is 0 Å². The molecule has 0 saturated carbocycles. The fourth-order valence-electron chi connectivity index (χ4n) is 1.05. The molecule has 0 heterocycles. The fraction of sp³-hybridized carbons (Fsp3) is 1.00. The van der Waals surface area contributed by atoms with Crippen molar-refractivity contribution in [1.29, 1.82) is 0 Å². The van der Waals surface area contributed by atoms with Crippen molar-refractivity contribution >= 4 is 0 Å². The van der Waals surface area contributed by atoms with Gasteiger partial charge in [0.2, 0.25) is 0 Å². The smallest absolute Gasteiger partial charge is 0.0780 e. The van der Waals surface area contributed by atoms with Crippen LogP contribution in [0.1, 0.15) is 25.7 Å². The van der Waals surface area contributed by atoms with E-state index in [-0.39, 0.29) is 12.4 Å². The molecule has 0 spiro atoms. The summed E-state index contributed by atoms with van der Waals surface area (Å²) in [7, 11) is 6.64. The number of hydrogen-bond donors (Lipinski definition) is 1. The number of halogens is 1. The maximum Gasteiger partial charge on any atom is 0.0780 e. The summed E-state index contributed by atoms with van der Waals surface area (Å²) in [5.74, 6) is 0. The molecule has 0 saturated heterocycles. The maximum absolute atomic E-state index is 8.52. The average molecular weight is 196 g/mol.